The van der Waals surface area contributed by atoms with Crippen LogP contribution in [-0.2, 0) is 15.1 Å². The number of hydrogen-bond acceptors (Lipinski definition) is 4. The van der Waals surface area contributed by atoms with Crippen LogP contribution in [0.4, 0.5) is 14.9 Å². The van der Waals surface area contributed by atoms with Crippen LogP contribution in [0.25, 0.3) is 0 Å². The van der Waals surface area contributed by atoms with Gasteiger partial charge in [-0.3, -0.25) is 14.5 Å². The molecular weight excluding hydrogens is 353 g/mol. The smallest absolute Gasteiger partial charge is 0.325 e. The van der Waals surface area contributed by atoms with E-state index in [0.717, 1.165) is 4.90 Å². The van der Waals surface area contributed by atoms with Gasteiger partial charge >= 0.3 is 6.03 Å². The van der Waals surface area contributed by atoms with Gasteiger partial charge in [0.25, 0.3) is 5.91 Å². The van der Waals surface area contributed by atoms with E-state index in [2.05, 4.69) is 10.6 Å². The van der Waals surface area contributed by atoms with Gasteiger partial charge in [0, 0.05) is 5.56 Å². The van der Waals surface area contributed by atoms with Gasteiger partial charge in [0.15, 0.2) is 0 Å². The van der Waals surface area contributed by atoms with E-state index in [-0.39, 0.29) is 5.69 Å². The first-order valence-corrected chi connectivity index (χ1v) is 8.19. The van der Waals surface area contributed by atoms with Crippen LogP contribution in [-0.4, -0.2) is 36.4 Å². The second-order valence-corrected chi connectivity index (χ2v) is 6.17. The minimum atomic E-state index is -1.37. The normalized spacial score (nSPS) is 19.0. The molecule has 1 fully saturated rings. The largest absolute Gasteiger partial charge is 0.496 e. The van der Waals surface area contributed by atoms with Gasteiger partial charge in [0.1, 0.15) is 23.7 Å². The number of anilines is 1. The molecule has 1 aliphatic heterocycles. The zero-order chi connectivity index (χ0) is 19.6. The van der Waals surface area contributed by atoms with Crippen molar-refractivity contribution >= 4 is 23.5 Å². The van der Waals surface area contributed by atoms with Gasteiger partial charge in [-0.2, -0.15) is 0 Å². The molecule has 8 heteroatoms. The maximum Gasteiger partial charge on any atom is 0.325 e. The molecule has 0 unspecified atom stereocenters. The number of urea groups is 1. The Morgan fingerprint density at radius 1 is 1.19 bits per heavy atom. The van der Waals surface area contributed by atoms with Crippen LogP contribution in [0, 0.1) is 5.82 Å². The Balaban J connectivity index is 1.80. The van der Waals surface area contributed by atoms with Crippen LogP contribution in [0.5, 0.6) is 5.75 Å². The Morgan fingerprint density at radius 2 is 1.85 bits per heavy atom. The predicted molar refractivity (Wildman–Crippen MR) is 95.6 cm³/mol. The highest BCUT2D eigenvalue weighted by Crippen LogP contribution is 2.34. The fourth-order valence-corrected chi connectivity index (χ4v) is 2.98. The first-order chi connectivity index (χ1) is 12.9. The maximum absolute atomic E-state index is 13.7. The Bertz CT molecular complexity index is 917. The van der Waals surface area contributed by atoms with Gasteiger partial charge in [-0.05, 0) is 25.1 Å². The number of imide groups is 1. The lowest BCUT2D eigenvalue weighted by atomic mass is 9.91. The number of hydrogen-bond donors (Lipinski definition) is 2. The minimum absolute atomic E-state index is 0.0259. The van der Waals surface area contributed by atoms with E-state index in [1.807, 2.05) is 0 Å². The third-order valence-electron chi connectivity index (χ3n) is 4.37. The molecule has 0 radical (unpaired) electrons. The molecule has 2 aromatic rings. The molecule has 0 spiro atoms. The van der Waals surface area contributed by atoms with Crippen LogP contribution in [0.1, 0.15) is 12.5 Å². The topological polar surface area (TPSA) is 87.7 Å². The molecule has 7 nitrogen and oxygen atoms in total. The standard InChI is InChI=1S/C19H18FN3O4/c1-19(12-7-3-6-10-15(12)27-2)17(25)23(18(26)22-19)11-16(24)21-14-9-5-4-8-13(14)20/h3-10H,11H2,1-2H3,(H,21,24)(H,22,26)/t19-/m0/s1. The van der Waals surface area contributed by atoms with Crippen LogP contribution in [0.3, 0.4) is 0 Å². The Morgan fingerprint density at radius 3 is 2.56 bits per heavy atom. The summed E-state index contributed by atoms with van der Waals surface area (Å²) in [6, 6.07) is 11.7. The van der Waals surface area contributed by atoms with Crippen molar-refractivity contribution in [2.75, 3.05) is 19.0 Å². The highest BCUT2D eigenvalue weighted by molar-refractivity contribution is 6.10. The van der Waals surface area contributed by atoms with Crippen LogP contribution in [0.15, 0.2) is 48.5 Å². The number of rotatable bonds is 5. The number of nitrogens with zero attached hydrogens (tertiary/aromatic N) is 1. The molecule has 140 valence electrons. The van der Waals surface area contributed by atoms with Gasteiger partial charge in [-0.15, -0.1) is 0 Å². The molecule has 27 heavy (non-hydrogen) atoms. The van der Waals surface area contributed by atoms with E-state index < -0.39 is 35.7 Å². The van der Waals surface area contributed by atoms with Crippen LogP contribution in [0.2, 0.25) is 0 Å². The number of para-hydroxylation sites is 2. The second-order valence-electron chi connectivity index (χ2n) is 6.17. The number of nitrogens with one attached hydrogen (secondary N) is 2. The average molecular weight is 371 g/mol. The van der Waals surface area contributed by atoms with Crippen molar-refractivity contribution in [2.45, 2.75) is 12.5 Å². The molecular formula is C19H18FN3O4. The molecule has 0 bridgehead atoms. The molecule has 0 saturated carbocycles. The summed E-state index contributed by atoms with van der Waals surface area (Å²) in [5, 5.41) is 4.96. The first kappa shape index (κ1) is 18.4. The number of benzene rings is 2. The minimum Gasteiger partial charge on any atom is -0.496 e. The summed E-state index contributed by atoms with van der Waals surface area (Å²) < 4.78 is 18.9. The Kier molecular flexibility index (Phi) is 4.81. The summed E-state index contributed by atoms with van der Waals surface area (Å²) in [4.78, 5) is 38.2. The zero-order valence-electron chi connectivity index (χ0n) is 14.8. The predicted octanol–water partition coefficient (Wildman–Crippen LogP) is 2.24. The summed E-state index contributed by atoms with van der Waals surface area (Å²) >= 11 is 0. The first-order valence-electron chi connectivity index (χ1n) is 8.19. The van der Waals surface area contributed by atoms with Gasteiger partial charge in [0.2, 0.25) is 5.91 Å². The molecule has 0 aromatic heterocycles. The van der Waals surface area contributed by atoms with E-state index in [1.165, 1.54) is 25.3 Å². The average Bonchev–Trinajstić information content (AvgIpc) is 2.87. The monoisotopic (exact) mass is 371 g/mol. The number of halogens is 1. The lowest BCUT2D eigenvalue weighted by molar-refractivity contribution is -0.133. The van der Waals surface area contributed by atoms with E-state index in [1.54, 1.807) is 37.3 Å². The third-order valence-corrected chi connectivity index (χ3v) is 4.37. The van der Waals surface area contributed by atoms with Gasteiger partial charge in [-0.25, -0.2) is 9.18 Å². The number of amides is 4. The van der Waals surface area contributed by atoms with Gasteiger partial charge in [-0.1, -0.05) is 30.3 Å². The summed E-state index contributed by atoms with van der Waals surface area (Å²) in [5.74, 6) is -1.46. The van der Waals surface area contributed by atoms with Crippen molar-refractivity contribution in [3.05, 3.63) is 59.9 Å². The molecule has 1 atom stereocenters. The molecule has 2 N–H and O–H groups in total. The summed E-state index contributed by atoms with van der Waals surface area (Å²) in [7, 11) is 1.46. The van der Waals surface area contributed by atoms with E-state index in [0.29, 0.717) is 11.3 Å². The Labute approximate surface area is 155 Å². The van der Waals surface area contributed by atoms with Gasteiger partial charge in [0.05, 0.1) is 12.8 Å². The van der Waals surface area contributed by atoms with E-state index in [9.17, 15) is 18.8 Å². The Hall–Kier alpha value is -3.42. The van der Waals surface area contributed by atoms with Crippen molar-refractivity contribution in [2.24, 2.45) is 0 Å². The number of ether oxygens (including phenoxy) is 1. The molecule has 4 amide bonds. The zero-order valence-corrected chi connectivity index (χ0v) is 14.8. The lowest BCUT2D eigenvalue weighted by Gasteiger charge is -2.24. The molecule has 3 rings (SSSR count). The molecule has 2 aromatic carbocycles. The van der Waals surface area contributed by atoms with Crippen molar-refractivity contribution < 1.29 is 23.5 Å². The maximum atomic E-state index is 13.7. The quantitative estimate of drug-likeness (QED) is 0.789. The number of methoxy groups -OCH3 is 1. The van der Waals surface area contributed by atoms with Crippen molar-refractivity contribution in [3.63, 3.8) is 0 Å². The van der Waals surface area contributed by atoms with Crippen LogP contribution >= 0.6 is 0 Å². The summed E-state index contributed by atoms with van der Waals surface area (Å²) in [5.41, 5.74) is -0.924. The third kappa shape index (κ3) is 3.33. The second kappa shape index (κ2) is 7.06. The lowest BCUT2D eigenvalue weighted by Crippen LogP contribution is -2.42. The molecule has 1 aliphatic rings. The highest BCUT2D eigenvalue weighted by Gasteiger charge is 2.50. The number of carbonyl (C=O) groups is 3. The highest BCUT2D eigenvalue weighted by atomic mass is 19.1. The van der Waals surface area contributed by atoms with Crippen LogP contribution < -0.4 is 15.4 Å². The molecule has 0 aliphatic carbocycles. The van der Waals surface area contributed by atoms with Crippen molar-refractivity contribution in [3.8, 4) is 5.75 Å². The fraction of sp³-hybridized carbons (Fsp3) is 0.211. The SMILES string of the molecule is COc1ccccc1[C@]1(C)NC(=O)N(CC(=O)Nc2ccccc2F)C1=O. The summed E-state index contributed by atoms with van der Waals surface area (Å²) in [6.45, 7) is 1.00. The van der Waals surface area contributed by atoms with Crippen molar-refractivity contribution in [1.29, 1.82) is 0 Å². The van der Waals surface area contributed by atoms with E-state index in [4.69, 9.17) is 4.74 Å². The van der Waals surface area contributed by atoms with Crippen molar-refractivity contribution in [1.82, 2.24) is 10.2 Å². The summed E-state index contributed by atoms with van der Waals surface area (Å²) in [6.07, 6.45) is 0. The molecule has 1 heterocycles. The number of carbonyl (C=O) groups excluding carboxylic acids is 3. The fourth-order valence-electron chi connectivity index (χ4n) is 2.98. The van der Waals surface area contributed by atoms with Gasteiger partial charge < -0.3 is 15.4 Å². The van der Waals surface area contributed by atoms with E-state index >= 15 is 0 Å². The molecule has 1 saturated heterocycles.